The molecular formula is C13H27NO3. The minimum Gasteiger partial charge on any atom is -0.385 e. The number of nitrogens with one attached hydrogen (secondary N) is 1. The van der Waals surface area contributed by atoms with Crippen LogP contribution in [0.25, 0.3) is 0 Å². The largest absolute Gasteiger partial charge is 0.385 e. The Morgan fingerprint density at radius 2 is 1.94 bits per heavy atom. The lowest BCUT2D eigenvalue weighted by Crippen LogP contribution is -2.44. The van der Waals surface area contributed by atoms with Gasteiger partial charge in [0.05, 0.1) is 6.10 Å². The Kier molecular flexibility index (Phi) is 8.17. The van der Waals surface area contributed by atoms with Gasteiger partial charge in [-0.3, -0.25) is 4.79 Å². The first kappa shape index (κ1) is 16.4. The fourth-order valence-corrected chi connectivity index (χ4v) is 1.41. The third-order valence-corrected chi connectivity index (χ3v) is 2.41. The summed E-state index contributed by atoms with van der Waals surface area (Å²) in [6.07, 6.45) is 2.34. The van der Waals surface area contributed by atoms with E-state index in [-0.39, 0.29) is 17.6 Å². The molecule has 0 atom stereocenters. The maximum absolute atomic E-state index is 11.7. The summed E-state index contributed by atoms with van der Waals surface area (Å²) in [6.45, 7) is 9.30. The van der Waals surface area contributed by atoms with E-state index in [1.165, 1.54) is 0 Å². The van der Waals surface area contributed by atoms with Crippen molar-refractivity contribution >= 4 is 5.91 Å². The molecule has 0 radical (unpaired) electrons. The first-order chi connectivity index (χ1) is 7.87. The van der Waals surface area contributed by atoms with E-state index in [4.69, 9.17) is 9.47 Å². The number of carbonyl (C=O) groups is 1. The normalized spacial score (nSPS) is 11.9. The van der Waals surface area contributed by atoms with Gasteiger partial charge in [0.1, 0.15) is 0 Å². The molecule has 0 aliphatic rings. The van der Waals surface area contributed by atoms with Crippen molar-refractivity contribution in [2.45, 2.75) is 58.6 Å². The molecule has 0 aromatic heterocycles. The Bertz CT molecular complexity index is 215. The summed E-state index contributed by atoms with van der Waals surface area (Å²) in [4.78, 5) is 11.7. The highest BCUT2D eigenvalue weighted by molar-refractivity contribution is 5.76. The van der Waals surface area contributed by atoms with Gasteiger partial charge in [-0.2, -0.15) is 0 Å². The molecule has 4 heteroatoms. The standard InChI is InChI=1S/C13H27NO3/c1-11(2)17-9-6-7-12(15)14-13(3,4)8-10-16-5/h11H,6-10H2,1-5H3,(H,14,15). The molecule has 0 aromatic rings. The molecule has 0 unspecified atom stereocenters. The van der Waals surface area contributed by atoms with Crippen LogP contribution in [0.5, 0.6) is 0 Å². The predicted octanol–water partition coefficient (Wildman–Crippen LogP) is 2.12. The fraction of sp³-hybridized carbons (Fsp3) is 0.923. The molecule has 0 saturated heterocycles. The summed E-state index contributed by atoms with van der Waals surface area (Å²) >= 11 is 0. The Labute approximate surface area is 105 Å². The SMILES string of the molecule is COCCC(C)(C)NC(=O)CCCOC(C)C. The first-order valence-electron chi connectivity index (χ1n) is 6.29. The zero-order valence-electron chi connectivity index (χ0n) is 11.8. The van der Waals surface area contributed by atoms with Crippen LogP contribution in [-0.4, -0.2) is 37.9 Å². The second kappa shape index (κ2) is 8.48. The lowest BCUT2D eigenvalue weighted by Gasteiger charge is -2.26. The quantitative estimate of drug-likeness (QED) is 0.633. The second-order valence-corrected chi connectivity index (χ2v) is 5.20. The fourth-order valence-electron chi connectivity index (χ4n) is 1.41. The van der Waals surface area contributed by atoms with Gasteiger partial charge in [0.25, 0.3) is 0 Å². The van der Waals surface area contributed by atoms with Crippen molar-refractivity contribution in [2.75, 3.05) is 20.3 Å². The number of ether oxygens (including phenoxy) is 2. The summed E-state index contributed by atoms with van der Waals surface area (Å²) in [5.41, 5.74) is -0.202. The van der Waals surface area contributed by atoms with Crippen LogP contribution in [0.1, 0.15) is 47.0 Å². The zero-order valence-corrected chi connectivity index (χ0v) is 11.8. The number of rotatable bonds is 9. The first-order valence-corrected chi connectivity index (χ1v) is 6.29. The Balaban J connectivity index is 3.69. The van der Waals surface area contributed by atoms with Crippen LogP contribution in [0.15, 0.2) is 0 Å². The molecule has 0 bridgehead atoms. The van der Waals surface area contributed by atoms with Gasteiger partial charge in [-0.25, -0.2) is 0 Å². The predicted molar refractivity (Wildman–Crippen MR) is 69.0 cm³/mol. The van der Waals surface area contributed by atoms with Crippen LogP contribution in [0.2, 0.25) is 0 Å². The van der Waals surface area contributed by atoms with Crippen molar-refractivity contribution in [3.63, 3.8) is 0 Å². The lowest BCUT2D eigenvalue weighted by molar-refractivity contribution is -0.123. The van der Waals surface area contributed by atoms with E-state index in [9.17, 15) is 4.79 Å². The van der Waals surface area contributed by atoms with E-state index in [2.05, 4.69) is 5.32 Å². The molecule has 0 aliphatic carbocycles. The van der Waals surface area contributed by atoms with Gasteiger partial charge in [0, 0.05) is 32.3 Å². The van der Waals surface area contributed by atoms with Crippen LogP contribution in [0.4, 0.5) is 0 Å². The number of carbonyl (C=O) groups excluding carboxylic acids is 1. The number of hydrogen-bond acceptors (Lipinski definition) is 3. The van der Waals surface area contributed by atoms with Gasteiger partial charge < -0.3 is 14.8 Å². The molecule has 0 fully saturated rings. The molecular weight excluding hydrogens is 218 g/mol. The Morgan fingerprint density at radius 1 is 1.29 bits per heavy atom. The van der Waals surface area contributed by atoms with Gasteiger partial charge in [-0.05, 0) is 40.5 Å². The third-order valence-electron chi connectivity index (χ3n) is 2.41. The monoisotopic (exact) mass is 245 g/mol. The van der Waals surface area contributed by atoms with Gasteiger partial charge in [-0.1, -0.05) is 0 Å². The van der Waals surface area contributed by atoms with E-state index in [0.29, 0.717) is 19.6 Å². The Morgan fingerprint density at radius 3 is 2.47 bits per heavy atom. The molecule has 102 valence electrons. The van der Waals surface area contributed by atoms with Crippen LogP contribution >= 0.6 is 0 Å². The van der Waals surface area contributed by atoms with E-state index < -0.39 is 0 Å². The van der Waals surface area contributed by atoms with Crippen LogP contribution < -0.4 is 5.32 Å². The maximum Gasteiger partial charge on any atom is 0.220 e. The molecule has 0 saturated carbocycles. The second-order valence-electron chi connectivity index (χ2n) is 5.20. The van der Waals surface area contributed by atoms with Crippen LogP contribution in [0, 0.1) is 0 Å². The summed E-state index contributed by atoms with van der Waals surface area (Å²) < 4.78 is 10.4. The molecule has 17 heavy (non-hydrogen) atoms. The topological polar surface area (TPSA) is 47.6 Å². The van der Waals surface area contributed by atoms with E-state index in [0.717, 1.165) is 12.8 Å². The summed E-state index contributed by atoms with van der Waals surface area (Å²) in [6, 6.07) is 0. The van der Waals surface area contributed by atoms with Crippen molar-refractivity contribution in [3.8, 4) is 0 Å². The van der Waals surface area contributed by atoms with Crippen molar-refractivity contribution in [1.82, 2.24) is 5.32 Å². The van der Waals surface area contributed by atoms with Crippen molar-refractivity contribution in [1.29, 1.82) is 0 Å². The third kappa shape index (κ3) is 10.3. The number of hydrogen-bond donors (Lipinski definition) is 1. The molecule has 4 nitrogen and oxygen atoms in total. The smallest absolute Gasteiger partial charge is 0.220 e. The molecule has 0 heterocycles. The highest BCUT2D eigenvalue weighted by atomic mass is 16.5. The van der Waals surface area contributed by atoms with Gasteiger partial charge in [0.2, 0.25) is 5.91 Å². The van der Waals surface area contributed by atoms with Gasteiger partial charge in [0.15, 0.2) is 0 Å². The number of amides is 1. The molecule has 0 spiro atoms. The lowest BCUT2D eigenvalue weighted by atomic mass is 10.0. The molecule has 0 aromatic carbocycles. The Hall–Kier alpha value is -0.610. The minimum absolute atomic E-state index is 0.0819. The number of methoxy groups -OCH3 is 1. The van der Waals surface area contributed by atoms with Gasteiger partial charge in [-0.15, -0.1) is 0 Å². The van der Waals surface area contributed by atoms with Gasteiger partial charge >= 0.3 is 0 Å². The van der Waals surface area contributed by atoms with E-state index in [1.54, 1.807) is 7.11 Å². The average molecular weight is 245 g/mol. The summed E-state index contributed by atoms with van der Waals surface area (Å²) in [5, 5.41) is 3.00. The molecule has 1 amide bonds. The zero-order chi connectivity index (χ0) is 13.3. The van der Waals surface area contributed by atoms with E-state index in [1.807, 2.05) is 27.7 Å². The molecule has 1 N–H and O–H groups in total. The minimum atomic E-state index is -0.202. The maximum atomic E-state index is 11.7. The van der Waals surface area contributed by atoms with E-state index >= 15 is 0 Å². The van der Waals surface area contributed by atoms with Crippen LogP contribution in [0.3, 0.4) is 0 Å². The summed E-state index contributed by atoms with van der Waals surface area (Å²) in [5.74, 6) is 0.0819. The highest BCUT2D eigenvalue weighted by Crippen LogP contribution is 2.08. The average Bonchev–Trinajstić information content (AvgIpc) is 2.21. The molecule has 0 aliphatic heterocycles. The van der Waals surface area contributed by atoms with Crippen molar-refractivity contribution < 1.29 is 14.3 Å². The van der Waals surface area contributed by atoms with Crippen molar-refractivity contribution in [3.05, 3.63) is 0 Å². The summed E-state index contributed by atoms with van der Waals surface area (Å²) in [7, 11) is 1.67. The van der Waals surface area contributed by atoms with Crippen LogP contribution in [-0.2, 0) is 14.3 Å². The van der Waals surface area contributed by atoms with Crippen molar-refractivity contribution in [2.24, 2.45) is 0 Å². The molecule has 0 rings (SSSR count). The highest BCUT2D eigenvalue weighted by Gasteiger charge is 2.19.